The third kappa shape index (κ3) is 2.85. The highest BCUT2D eigenvalue weighted by molar-refractivity contribution is 6.07. The summed E-state index contributed by atoms with van der Waals surface area (Å²) in [5, 5.41) is 0. The van der Waals surface area contributed by atoms with Crippen molar-refractivity contribution in [2.45, 2.75) is 12.8 Å². The molecule has 0 saturated carbocycles. The van der Waals surface area contributed by atoms with Crippen molar-refractivity contribution in [3.63, 3.8) is 0 Å². The van der Waals surface area contributed by atoms with Crippen molar-refractivity contribution in [1.29, 1.82) is 0 Å². The molecule has 0 aliphatic rings. The predicted molar refractivity (Wildman–Crippen MR) is 42.0 cm³/mol. The molecule has 0 saturated heterocycles. The van der Waals surface area contributed by atoms with Gasteiger partial charge >= 0.3 is 6.18 Å². The number of halogens is 5. The van der Waals surface area contributed by atoms with E-state index in [2.05, 4.69) is 4.29 Å². The molecule has 0 unspecified atom stereocenters. The van der Waals surface area contributed by atoms with Gasteiger partial charge in [-0.2, -0.15) is 13.2 Å². The average Bonchev–Trinajstić information content (AvgIpc) is 2.02. The van der Waals surface area contributed by atoms with Crippen LogP contribution in [0.15, 0.2) is 18.2 Å². The molecule has 0 aliphatic carbocycles. The first-order valence-corrected chi connectivity index (χ1v) is 3.84. The standard InChI is InChI=1S/C8H5ClF4O/c9-14-4-5-1-6(8(11,12)13)3-7(10)2-5/h1-3H,4H2. The minimum Gasteiger partial charge on any atom is -0.274 e. The molecule has 0 bridgehead atoms. The van der Waals surface area contributed by atoms with Crippen LogP contribution in [0.5, 0.6) is 0 Å². The van der Waals surface area contributed by atoms with E-state index in [9.17, 15) is 17.6 Å². The molecule has 1 aromatic carbocycles. The zero-order valence-electron chi connectivity index (χ0n) is 6.74. The lowest BCUT2D eigenvalue weighted by Gasteiger charge is -2.08. The van der Waals surface area contributed by atoms with E-state index < -0.39 is 17.6 Å². The van der Waals surface area contributed by atoms with Gasteiger partial charge in [-0.05, 0) is 23.8 Å². The Hall–Kier alpha value is -0.810. The molecule has 78 valence electrons. The van der Waals surface area contributed by atoms with Gasteiger partial charge in [-0.1, -0.05) is 0 Å². The number of hydrogen-bond donors (Lipinski definition) is 0. The highest BCUT2D eigenvalue weighted by atomic mass is 35.5. The summed E-state index contributed by atoms with van der Waals surface area (Å²) in [7, 11) is 0. The maximum atomic E-state index is 12.7. The van der Waals surface area contributed by atoms with Gasteiger partial charge < -0.3 is 0 Å². The van der Waals surface area contributed by atoms with Crippen molar-refractivity contribution >= 4 is 11.9 Å². The van der Waals surface area contributed by atoms with Crippen molar-refractivity contribution in [2.75, 3.05) is 0 Å². The first-order chi connectivity index (χ1) is 6.43. The van der Waals surface area contributed by atoms with E-state index in [1.807, 2.05) is 0 Å². The maximum absolute atomic E-state index is 12.7. The van der Waals surface area contributed by atoms with Gasteiger partial charge in [-0.15, -0.1) is 0 Å². The normalized spacial score (nSPS) is 11.8. The third-order valence-electron chi connectivity index (χ3n) is 1.51. The Morgan fingerprint density at radius 1 is 1.21 bits per heavy atom. The number of rotatable bonds is 2. The molecule has 0 atom stereocenters. The summed E-state index contributed by atoms with van der Waals surface area (Å²) < 4.78 is 53.2. The summed E-state index contributed by atoms with van der Waals surface area (Å²) in [6, 6.07) is 2.13. The second-order valence-corrected chi connectivity index (χ2v) is 2.82. The molecule has 1 rings (SSSR count). The SMILES string of the molecule is Fc1cc(COCl)cc(C(F)(F)F)c1. The van der Waals surface area contributed by atoms with Crippen LogP contribution in [0.2, 0.25) is 0 Å². The van der Waals surface area contributed by atoms with Crippen LogP contribution in [0.4, 0.5) is 17.6 Å². The van der Waals surface area contributed by atoms with Gasteiger partial charge in [0, 0.05) is 0 Å². The molecule has 6 heteroatoms. The average molecular weight is 229 g/mol. The zero-order valence-corrected chi connectivity index (χ0v) is 7.49. The van der Waals surface area contributed by atoms with Crippen LogP contribution in [0.25, 0.3) is 0 Å². The number of alkyl halides is 3. The summed E-state index contributed by atoms with van der Waals surface area (Å²) in [4.78, 5) is 0. The van der Waals surface area contributed by atoms with E-state index >= 15 is 0 Å². The molecule has 0 N–H and O–H groups in total. The molecule has 0 aromatic heterocycles. The lowest BCUT2D eigenvalue weighted by molar-refractivity contribution is -0.137. The quantitative estimate of drug-likeness (QED) is 0.704. The Morgan fingerprint density at radius 2 is 1.86 bits per heavy atom. The zero-order chi connectivity index (χ0) is 10.8. The van der Waals surface area contributed by atoms with Gasteiger partial charge in [0.05, 0.1) is 24.0 Å². The van der Waals surface area contributed by atoms with Crippen LogP contribution >= 0.6 is 11.9 Å². The molecule has 1 nitrogen and oxygen atoms in total. The Balaban J connectivity index is 3.07. The Bertz CT molecular complexity index is 324. The first-order valence-electron chi connectivity index (χ1n) is 3.53. The van der Waals surface area contributed by atoms with Crippen molar-refractivity contribution in [1.82, 2.24) is 0 Å². The Kier molecular flexibility index (Phi) is 3.34. The molecule has 0 aliphatic heterocycles. The van der Waals surface area contributed by atoms with Crippen LogP contribution < -0.4 is 0 Å². The Morgan fingerprint density at radius 3 is 2.36 bits per heavy atom. The second kappa shape index (κ2) is 4.14. The summed E-state index contributed by atoms with van der Waals surface area (Å²) >= 11 is 4.85. The monoisotopic (exact) mass is 228 g/mol. The molecule has 0 fully saturated rings. The van der Waals surface area contributed by atoms with Crippen LogP contribution in [-0.4, -0.2) is 0 Å². The molecule has 0 spiro atoms. The fourth-order valence-corrected chi connectivity index (χ4v) is 1.09. The van der Waals surface area contributed by atoms with E-state index in [0.717, 1.165) is 12.1 Å². The topological polar surface area (TPSA) is 9.23 Å². The van der Waals surface area contributed by atoms with Gasteiger partial charge in [-0.25, -0.2) is 4.39 Å². The predicted octanol–water partition coefficient (Wildman–Crippen LogP) is 3.51. The lowest BCUT2D eigenvalue weighted by atomic mass is 10.1. The number of benzene rings is 1. The van der Waals surface area contributed by atoms with Crippen molar-refractivity contribution in [3.8, 4) is 0 Å². The fourth-order valence-electron chi connectivity index (χ4n) is 0.960. The summed E-state index contributed by atoms with van der Waals surface area (Å²) in [5.41, 5.74) is -1.02. The molecular formula is C8H5ClF4O. The lowest BCUT2D eigenvalue weighted by Crippen LogP contribution is -2.06. The summed E-state index contributed by atoms with van der Waals surface area (Å²) in [6.07, 6.45) is -4.57. The first kappa shape index (κ1) is 11.3. The number of hydrogen-bond acceptors (Lipinski definition) is 1. The maximum Gasteiger partial charge on any atom is 0.416 e. The van der Waals surface area contributed by atoms with Crippen molar-refractivity contribution < 1.29 is 21.9 Å². The van der Waals surface area contributed by atoms with Gasteiger partial charge in [-0.3, -0.25) is 4.29 Å². The molecule has 0 radical (unpaired) electrons. The van der Waals surface area contributed by atoms with Gasteiger partial charge in [0.25, 0.3) is 0 Å². The fraction of sp³-hybridized carbons (Fsp3) is 0.250. The van der Waals surface area contributed by atoms with E-state index in [1.54, 1.807) is 0 Å². The van der Waals surface area contributed by atoms with E-state index in [1.165, 1.54) is 0 Å². The smallest absolute Gasteiger partial charge is 0.274 e. The van der Waals surface area contributed by atoms with Gasteiger partial charge in [0.2, 0.25) is 0 Å². The van der Waals surface area contributed by atoms with Crippen LogP contribution in [0.1, 0.15) is 11.1 Å². The molecule has 14 heavy (non-hydrogen) atoms. The van der Waals surface area contributed by atoms with E-state index in [0.29, 0.717) is 6.07 Å². The Labute approximate surface area is 82.4 Å². The van der Waals surface area contributed by atoms with Crippen molar-refractivity contribution in [2.24, 2.45) is 0 Å². The molecule has 1 aromatic rings. The highest BCUT2D eigenvalue weighted by Crippen LogP contribution is 2.30. The molecule has 0 amide bonds. The second-order valence-electron chi connectivity index (χ2n) is 2.60. The van der Waals surface area contributed by atoms with Gasteiger partial charge in [0.15, 0.2) is 0 Å². The van der Waals surface area contributed by atoms with E-state index in [-0.39, 0.29) is 12.2 Å². The third-order valence-corrected chi connectivity index (χ3v) is 1.62. The summed E-state index contributed by atoms with van der Waals surface area (Å²) in [6.45, 7) is -0.275. The van der Waals surface area contributed by atoms with Gasteiger partial charge in [0.1, 0.15) is 5.82 Å². The van der Waals surface area contributed by atoms with E-state index in [4.69, 9.17) is 11.9 Å². The van der Waals surface area contributed by atoms with Crippen molar-refractivity contribution in [3.05, 3.63) is 35.1 Å². The molecule has 0 heterocycles. The largest absolute Gasteiger partial charge is 0.416 e. The van der Waals surface area contributed by atoms with Crippen LogP contribution in [-0.2, 0) is 17.1 Å². The van der Waals surface area contributed by atoms with Crippen LogP contribution in [0, 0.1) is 5.82 Å². The summed E-state index contributed by atoms with van der Waals surface area (Å²) in [5.74, 6) is -0.969. The van der Waals surface area contributed by atoms with Crippen LogP contribution in [0.3, 0.4) is 0 Å². The minimum atomic E-state index is -4.57. The minimum absolute atomic E-state index is 0.0346. The highest BCUT2D eigenvalue weighted by Gasteiger charge is 2.31. The molecular weight excluding hydrogens is 224 g/mol.